The number of rotatable bonds is 4. The van der Waals surface area contributed by atoms with E-state index in [9.17, 15) is 14.4 Å². The smallest absolute Gasteiger partial charge is 0.242 e. The molecule has 5 atom stereocenters. The van der Waals surface area contributed by atoms with Gasteiger partial charge >= 0.3 is 0 Å². The minimum absolute atomic E-state index is 0.109. The van der Waals surface area contributed by atoms with Gasteiger partial charge < -0.3 is 4.90 Å². The van der Waals surface area contributed by atoms with Gasteiger partial charge in [0.25, 0.3) is 0 Å². The molecule has 32 heavy (non-hydrogen) atoms. The van der Waals surface area contributed by atoms with E-state index >= 15 is 0 Å². The van der Waals surface area contributed by atoms with E-state index in [4.69, 9.17) is 0 Å². The molecular formula is C24H27N5O3. The highest BCUT2D eigenvalue weighted by molar-refractivity contribution is 6.08. The van der Waals surface area contributed by atoms with Gasteiger partial charge in [-0.15, -0.1) is 0 Å². The summed E-state index contributed by atoms with van der Waals surface area (Å²) >= 11 is 0. The molecule has 1 N–H and O–H groups in total. The van der Waals surface area contributed by atoms with Crippen molar-refractivity contribution < 1.29 is 14.4 Å². The molecule has 0 spiro atoms. The first-order valence-electron chi connectivity index (χ1n) is 11.7. The molecule has 2 saturated carbocycles. The number of piperidine rings is 1. The Morgan fingerprint density at radius 3 is 2.50 bits per heavy atom. The molecule has 2 aromatic rings. The normalized spacial score (nSPS) is 31.4. The molecule has 4 fully saturated rings. The Hall–Kier alpha value is -3.03. The molecule has 4 heterocycles. The summed E-state index contributed by atoms with van der Waals surface area (Å²) in [4.78, 5) is 46.3. The highest BCUT2D eigenvalue weighted by atomic mass is 16.2. The second-order valence-corrected chi connectivity index (χ2v) is 9.76. The van der Waals surface area contributed by atoms with E-state index in [1.165, 1.54) is 4.90 Å². The molecule has 0 aromatic carbocycles. The van der Waals surface area contributed by atoms with Crippen LogP contribution in [-0.4, -0.2) is 62.3 Å². The van der Waals surface area contributed by atoms with Crippen LogP contribution in [0.4, 0.5) is 0 Å². The summed E-state index contributed by atoms with van der Waals surface area (Å²) in [5.74, 6) is 0.130. The van der Waals surface area contributed by atoms with Crippen LogP contribution in [0.15, 0.2) is 30.7 Å². The average molecular weight is 434 g/mol. The summed E-state index contributed by atoms with van der Waals surface area (Å²) in [6.07, 6.45) is 10.3. The number of aromatic amines is 1. The maximum atomic E-state index is 13.2. The molecule has 3 amide bonds. The topological polar surface area (TPSA) is 99.3 Å². The Bertz CT molecular complexity index is 1040. The van der Waals surface area contributed by atoms with E-state index in [1.807, 2.05) is 23.2 Å². The van der Waals surface area contributed by atoms with Crippen molar-refractivity contribution in [2.75, 3.05) is 19.6 Å². The second kappa shape index (κ2) is 7.53. The fourth-order valence-corrected chi connectivity index (χ4v) is 6.67. The fourth-order valence-electron chi connectivity index (χ4n) is 6.67. The minimum atomic E-state index is -0.170. The van der Waals surface area contributed by atoms with Gasteiger partial charge in [0.15, 0.2) is 0 Å². The monoisotopic (exact) mass is 433 g/mol. The van der Waals surface area contributed by atoms with Crippen molar-refractivity contribution in [3.63, 3.8) is 0 Å². The van der Waals surface area contributed by atoms with Crippen LogP contribution < -0.4 is 0 Å². The van der Waals surface area contributed by atoms with E-state index < -0.39 is 0 Å². The largest absolute Gasteiger partial charge is 0.340 e. The van der Waals surface area contributed by atoms with Gasteiger partial charge in [-0.25, -0.2) is 0 Å². The zero-order valence-electron chi connectivity index (χ0n) is 17.9. The molecule has 0 radical (unpaired) electrons. The molecule has 2 saturated heterocycles. The number of likely N-dealkylation sites (tertiary alicyclic amines) is 2. The third-order valence-electron chi connectivity index (χ3n) is 8.15. The van der Waals surface area contributed by atoms with Crippen LogP contribution >= 0.6 is 0 Å². The Morgan fingerprint density at radius 2 is 1.78 bits per heavy atom. The number of carbonyl (C=O) groups excluding carboxylic acids is 3. The van der Waals surface area contributed by atoms with Crippen LogP contribution in [0.25, 0.3) is 11.1 Å². The van der Waals surface area contributed by atoms with Crippen LogP contribution in [0.5, 0.6) is 0 Å². The van der Waals surface area contributed by atoms with Crippen LogP contribution in [0.1, 0.15) is 43.7 Å². The number of nitrogens with zero attached hydrogens (tertiary/aromatic N) is 4. The third-order valence-corrected chi connectivity index (χ3v) is 8.15. The maximum Gasteiger partial charge on any atom is 0.242 e. The Kier molecular flexibility index (Phi) is 4.62. The fraction of sp³-hybridized carbons (Fsp3) is 0.542. The lowest BCUT2D eigenvalue weighted by molar-refractivity contribution is -0.147. The second-order valence-electron chi connectivity index (χ2n) is 9.76. The minimum Gasteiger partial charge on any atom is -0.340 e. The third kappa shape index (κ3) is 2.99. The summed E-state index contributed by atoms with van der Waals surface area (Å²) in [5, 5.41) is 7.39. The molecular weight excluding hydrogens is 406 g/mol. The van der Waals surface area contributed by atoms with Gasteiger partial charge in [0.2, 0.25) is 17.7 Å². The maximum absolute atomic E-state index is 13.2. The summed E-state index contributed by atoms with van der Waals surface area (Å²) in [6.45, 7) is 1.10. The predicted octanol–water partition coefficient (Wildman–Crippen LogP) is 2.21. The summed E-state index contributed by atoms with van der Waals surface area (Å²) in [5.41, 5.74) is 3.09. The van der Waals surface area contributed by atoms with Crippen molar-refractivity contribution in [1.29, 1.82) is 0 Å². The highest BCUT2D eigenvalue weighted by Gasteiger charge is 2.61. The standard InChI is InChI=1S/C24H27N5O3/c30-19(13-29-23(31)20-15-3-4-16(10-15)21(20)24(29)32)28-9-1-2-17(12-28)22-18(11-26-27-22)14-5-7-25-8-6-14/h5-8,11,15-17,20-21H,1-4,9-10,12-13H2,(H,26,27). The van der Waals surface area contributed by atoms with Crippen molar-refractivity contribution >= 4 is 17.7 Å². The molecule has 2 aromatic heterocycles. The molecule has 2 bridgehead atoms. The summed E-state index contributed by atoms with van der Waals surface area (Å²) in [6, 6.07) is 3.91. The molecule has 2 aliphatic heterocycles. The lowest BCUT2D eigenvalue weighted by atomic mass is 9.81. The van der Waals surface area contributed by atoms with Crippen molar-refractivity contribution in [2.45, 2.75) is 38.0 Å². The zero-order chi connectivity index (χ0) is 21.8. The van der Waals surface area contributed by atoms with E-state index in [0.717, 1.165) is 48.9 Å². The van der Waals surface area contributed by atoms with Crippen LogP contribution in [0.3, 0.4) is 0 Å². The Balaban J connectivity index is 1.16. The number of hydrogen-bond acceptors (Lipinski definition) is 5. The number of pyridine rings is 1. The first-order chi connectivity index (χ1) is 15.6. The lowest BCUT2D eigenvalue weighted by Crippen LogP contribution is -2.46. The van der Waals surface area contributed by atoms with Crippen molar-refractivity contribution in [3.05, 3.63) is 36.4 Å². The van der Waals surface area contributed by atoms with Crippen molar-refractivity contribution in [1.82, 2.24) is 25.0 Å². The van der Waals surface area contributed by atoms with E-state index in [0.29, 0.717) is 24.9 Å². The summed E-state index contributed by atoms with van der Waals surface area (Å²) in [7, 11) is 0. The molecule has 5 unspecified atom stereocenters. The van der Waals surface area contributed by atoms with E-state index in [1.54, 1.807) is 12.4 Å². The Morgan fingerprint density at radius 1 is 1.06 bits per heavy atom. The molecule has 4 aliphatic rings. The van der Waals surface area contributed by atoms with Crippen molar-refractivity contribution in [2.24, 2.45) is 23.7 Å². The number of carbonyl (C=O) groups is 3. The average Bonchev–Trinajstić information content (AvgIpc) is 3.61. The number of hydrogen-bond donors (Lipinski definition) is 1. The quantitative estimate of drug-likeness (QED) is 0.746. The van der Waals surface area contributed by atoms with E-state index in [2.05, 4.69) is 15.2 Å². The molecule has 6 rings (SSSR count). The molecule has 166 valence electrons. The first kappa shape index (κ1) is 19.6. The van der Waals surface area contributed by atoms with Gasteiger partial charge in [-0.1, -0.05) is 0 Å². The number of nitrogens with one attached hydrogen (secondary N) is 1. The molecule has 8 nitrogen and oxygen atoms in total. The van der Waals surface area contributed by atoms with Gasteiger partial charge in [0.1, 0.15) is 6.54 Å². The van der Waals surface area contributed by atoms with Gasteiger partial charge in [-0.2, -0.15) is 5.10 Å². The number of amides is 3. The lowest BCUT2D eigenvalue weighted by Gasteiger charge is -2.33. The van der Waals surface area contributed by atoms with Gasteiger partial charge in [0.05, 0.1) is 18.0 Å². The Labute approximate surface area is 186 Å². The van der Waals surface area contributed by atoms with Gasteiger partial charge in [-0.05, 0) is 61.6 Å². The number of H-pyrrole nitrogens is 1. The summed E-state index contributed by atoms with van der Waals surface area (Å²) < 4.78 is 0. The molecule has 8 heteroatoms. The molecule has 2 aliphatic carbocycles. The number of fused-ring (bicyclic) bond motifs is 5. The van der Waals surface area contributed by atoms with Crippen LogP contribution in [-0.2, 0) is 14.4 Å². The predicted molar refractivity (Wildman–Crippen MR) is 115 cm³/mol. The number of imide groups is 1. The van der Waals surface area contributed by atoms with E-state index in [-0.39, 0.29) is 42.0 Å². The van der Waals surface area contributed by atoms with Crippen molar-refractivity contribution in [3.8, 4) is 11.1 Å². The SMILES string of the molecule is O=C(CN1C(=O)C2C3CCC(C3)C2C1=O)N1CCCC(c2[nH]ncc2-c2ccncc2)C1. The first-order valence-corrected chi connectivity index (χ1v) is 11.7. The number of aromatic nitrogens is 3. The van der Waals surface area contributed by atoms with Crippen LogP contribution in [0.2, 0.25) is 0 Å². The van der Waals surface area contributed by atoms with Gasteiger partial charge in [-0.3, -0.25) is 29.4 Å². The zero-order valence-corrected chi connectivity index (χ0v) is 17.9. The van der Waals surface area contributed by atoms with Gasteiger partial charge in [0, 0.05) is 42.7 Å². The highest BCUT2D eigenvalue weighted by Crippen LogP contribution is 2.56. The van der Waals surface area contributed by atoms with Crippen LogP contribution in [0, 0.1) is 23.7 Å².